The van der Waals surface area contributed by atoms with Crippen LogP contribution >= 0.6 is 11.6 Å². The Morgan fingerprint density at radius 2 is 1.88 bits per heavy atom. The topological polar surface area (TPSA) is 41.5 Å². The molecule has 0 aliphatic carbocycles. The number of carbonyl (C=O) groups is 1. The maximum atomic E-state index is 11.6. The largest absolute Gasteiger partial charge is 0.436 e. The SMILES string of the molecule is C/C(=N/NC(=O)[N+](C)(C)C)c1ccccc1Cl. The van der Waals surface area contributed by atoms with Crippen LogP contribution in [0.5, 0.6) is 0 Å². The molecule has 0 bridgehead atoms. The molecule has 2 amide bonds. The Kier molecular flexibility index (Phi) is 4.26. The quantitative estimate of drug-likeness (QED) is 0.492. The molecule has 0 aromatic heterocycles. The number of carbonyl (C=O) groups excluding carboxylic acids is 1. The molecule has 0 heterocycles. The Bertz CT molecular complexity index is 449. The molecule has 0 fully saturated rings. The minimum Gasteiger partial charge on any atom is -0.246 e. The van der Waals surface area contributed by atoms with Gasteiger partial charge in [0, 0.05) is 10.6 Å². The molecule has 92 valence electrons. The van der Waals surface area contributed by atoms with Crippen molar-refractivity contribution in [3.8, 4) is 0 Å². The molecule has 1 aromatic rings. The highest BCUT2D eigenvalue weighted by atomic mass is 35.5. The fourth-order valence-electron chi connectivity index (χ4n) is 1.10. The Balaban J connectivity index is 2.82. The van der Waals surface area contributed by atoms with Gasteiger partial charge in [0.25, 0.3) is 0 Å². The van der Waals surface area contributed by atoms with Crippen LogP contribution in [0.25, 0.3) is 0 Å². The highest BCUT2D eigenvalue weighted by Gasteiger charge is 2.19. The van der Waals surface area contributed by atoms with E-state index in [1.807, 2.05) is 18.2 Å². The number of rotatable bonds is 2. The van der Waals surface area contributed by atoms with Crippen LogP contribution in [0.2, 0.25) is 5.02 Å². The Morgan fingerprint density at radius 1 is 1.29 bits per heavy atom. The molecular formula is C12H17ClN3O+. The molecule has 0 saturated heterocycles. The maximum Gasteiger partial charge on any atom is 0.436 e. The smallest absolute Gasteiger partial charge is 0.246 e. The zero-order valence-electron chi connectivity index (χ0n) is 10.5. The van der Waals surface area contributed by atoms with Gasteiger partial charge in [0.15, 0.2) is 0 Å². The van der Waals surface area contributed by atoms with E-state index in [1.54, 1.807) is 34.1 Å². The average molecular weight is 255 g/mol. The highest BCUT2D eigenvalue weighted by Crippen LogP contribution is 2.15. The van der Waals surface area contributed by atoms with Crippen molar-refractivity contribution >= 4 is 23.3 Å². The normalized spacial score (nSPS) is 12.4. The van der Waals surface area contributed by atoms with E-state index in [1.165, 1.54) is 0 Å². The second kappa shape index (κ2) is 5.29. The van der Waals surface area contributed by atoms with E-state index in [-0.39, 0.29) is 10.5 Å². The summed E-state index contributed by atoms with van der Waals surface area (Å²) in [6.07, 6.45) is 0. The lowest BCUT2D eigenvalue weighted by Crippen LogP contribution is -2.46. The fraction of sp³-hybridized carbons (Fsp3) is 0.333. The first kappa shape index (κ1) is 13.7. The van der Waals surface area contributed by atoms with Crippen molar-refractivity contribution in [2.45, 2.75) is 6.92 Å². The number of halogens is 1. The average Bonchev–Trinajstić information content (AvgIpc) is 2.24. The van der Waals surface area contributed by atoms with Crippen molar-refractivity contribution in [3.63, 3.8) is 0 Å². The van der Waals surface area contributed by atoms with Gasteiger partial charge in [0.1, 0.15) is 0 Å². The van der Waals surface area contributed by atoms with E-state index in [2.05, 4.69) is 10.5 Å². The van der Waals surface area contributed by atoms with Crippen LogP contribution in [-0.2, 0) is 0 Å². The number of nitrogens with zero attached hydrogens (tertiary/aromatic N) is 2. The predicted molar refractivity (Wildman–Crippen MR) is 70.2 cm³/mol. The number of urea groups is 1. The molecule has 17 heavy (non-hydrogen) atoms. The number of amides is 2. The summed E-state index contributed by atoms with van der Waals surface area (Å²) in [5.41, 5.74) is 4.00. The first-order valence-corrected chi connectivity index (χ1v) is 5.61. The summed E-state index contributed by atoms with van der Waals surface area (Å²) in [6, 6.07) is 7.19. The molecule has 0 saturated carbocycles. The second-order valence-corrected chi connectivity index (χ2v) is 5.01. The number of hydrazone groups is 1. The lowest BCUT2D eigenvalue weighted by Gasteiger charge is -2.19. The summed E-state index contributed by atoms with van der Waals surface area (Å²) in [4.78, 5) is 11.6. The van der Waals surface area contributed by atoms with E-state index in [9.17, 15) is 4.79 Å². The van der Waals surface area contributed by atoms with Crippen LogP contribution in [0.1, 0.15) is 12.5 Å². The molecule has 0 aliphatic heterocycles. The van der Waals surface area contributed by atoms with Crippen molar-refractivity contribution in [2.75, 3.05) is 21.1 Å². The molecule has 1 rings (SSSR count). The molecular weight excluding hydrogens is 238 g/mol. The summed E-state index contributed by atoms with van der Waals surface area (Å²) >= 11 is 6.03. The monoisotopic (exact) mass is 254 g/mol. The van der Waals surface area contributed by atoms with Gasteiger partial charge in [-0.05, 0) is 13.0 Å². The number of nitrogens with one attached hydrogen (secondary N) is 1. The Labute approximate surface area is 106 Å². The minimum absolute atomic E-state index is 0.166. The molecule has 4 nitrogen and oxygen atoms in total. The third kappa shape index (κ3) is 3.84. The molecule has 0 aliphatic rings. The van der Waals surface area contributed by atoms with Crippen LogP contribution in [-0.4, -0.2) is 37.4 Å². The number of quaternary nitrogens is 1. The van der Waals surface area contributed by atoms with Crippen molar-refractivity contribution in [1.82, 2.24) is 5.43 Å². The number of benzene rings is 1. The van der Waals surface area contributed by atoms with Gasteiger partial charge in [-0.25, -0.2) is 9.28 Å². The molecule has 5 heteroatoms. The van der Waals surface area contributed by atoms with Gasteiger partial charge < -0.3 is 0 Å². The van der Waals surface area contributed by atoms with Gasteiger partial charge in [-0.15, -0.1) is 0 Å². The van der Waals surface area contributed by atoms with Crippen LogP contribution in [0, 0.1) is 0 Å². The minimum atomic E-state index is -0.184. The molecule has 0 radical (unpaired) electrons. The molecule has 1 aromatic carbocycles. The standard InChI is InChI=1S/C12H16ClN3O/c1-9(10-7-5-6-8-11(10)13)14-15-12(17)16(2,3)4/h5-8H,1-4H3/p+1/b14-9-. The van der Waals surface area contributed by atoms with E-state index in [0.29, 0.717) is 10.7 Å². The zero-order valence-corrected chi connectivity index (χ0v) is 11.2. The lowest BCUT2D eigenvalue weighted by molar-refractivity contribution is -0.787. The molecule has 0 spiro atoms. The van der Waals surface area contributed by atoms with E-state index in [0.717, 1.165) is 5.56 Å². The lowest BCUT2D eigenvalue weighted by atomic mass is 10.1. The summed E-state index contributed by atoms with van der Waals surface area (Å²) in [7, 11) is 5.32. The van der Waals surface area contributed by atoms with E-state index in [4.69, 9.17) is 11.6 Å². The molecule has 0 atom stereocenters. The zero-order chi connectivity index (χ0) is 13.1. The van der Waals surface area contributed by atoms with Gasteiger partial charge in [-0.1, -0.05) is 29.8 Å². The highest BCUT2D eigenvalue weighted by molar-refractivity contribution is 6.34. The summed E-state index contributed by atoms with van der Waals surface area (Å²) in [5, 5.41) is 4.66. The van der Waals surface area contributed by atoms with Crippen molar-refractivity contribution in [3.05, 3.63) is 34.9 Å². The van der Waals surface area contributed by atoms with Crippen molar-refractivity contribution in [1.29, 1.82) is 0 Å². The van der Waals surface area contributed by atoms with Crippen LogP contribution in [0.15, 0.2) is 29.4 Å². The second-order valence-electron chi connectivity index (χ2n) is 4.61. The number of hydrogen-bond donors (Lipinski definition) is 1. The third-order valence-corrected chi connectivity index (χ3v) is 2.52. The van der Waals surface area contributed by atoms with Gasteiger partial charge in [-0.2, -0.15) is 10.5 Å². The van der Waals surface area contributed by atoms with Gasteiger partial charge in [0.05, 0.1) is 26.9 Å². The van der Waals surface area contributed by atoms with Gasteiger partial charge in [-0.3, -0.25) is 0 Å². The van der Waals surface area contributed by atoms with Crippen molar-refractivity contribution in [2.24, 2.45) is 5.10 Å². The Hall–Kier alpha value is -1.39. The van der Waals surface area contributed by atoms with Gasteiger partial charge in [0.2, 0.25) is 0 Å². The van der Waals surface area contributed by atoms with Crippen LogP contribution < -0.4 is 5.43 Å². The molecule has 0 unspecified atom stereocenters. The summed E-state index contributed by atoms with van der Waals surface area (Å²) in [6.45, 7) is 1.80. The predicted octanol–water partition coefficient (Wildman–Crippen LogP) is 2.48. The first-order chi connectivity index (χ1) is 7.82. The molecule has 1 N–H and O–H groups in total. The summed E-state index contributed by atoms with van der Waals surface area (Å²) < 4.78 is 0.166. The van der Waals surface area contributed by atoms with Crippen LogP contribution in [0.4, 0.5) is 4.79 Å². The fourth-order valence-corrected chi connectivity index (χ4v) is 1.37. The first-order valence-electron chi connectivity index (χ1n) is 5.23. The number of hydrogen-bond acceptors (Lipinski definition) is 2. The van der Waals surface area contributed by atoms with E-state index >= 15 is 0 Å². The Morgan fingerprint density at radius 3 is 2.41 bits per heavy atom. The van der Waals surface area contributed by atoms with Gasteiger partial charge >= 0.3 is 6.03 Å². The maximum absolute atomic E-state index is 11.6. The third-order valence-electron chi connectivity index (χ3n) is 2.19. The summed E-state index contributed by atoms with van der Waals surface area (Å²) in [5.74, 6) is 0. The van der Waals surface area contributed by atoms with Crippen LogP contribution in [0.3, 0.4) is 0 Å². The van der Waals surface area contributed by atoms with E-state index < -0.39 is 0 Å². The van der Waals surface area contributed by atoms with Crippen molar-refractivity contribution < 1.29 is 9.28 Å².